The van der Waals surface area contributed by atoms with Gasteiger partial charge in [-0.25, -0.2) is 9.78 Å². The lowest BCUT2D eigenvalue weighted by Crippen LogP contribution is -2.23. The fourth-order valence-corrected chi connectivity index (χ4v) is 2.12. The molecule has 0 radical (unpaired) electrons. The average Bonchev–Trinajstić information content (AvgIpc) is 2.47. The van der Waals surface area contributed by atoms with E-state index in [4.69, 9.17) is 0 Å². The quantitative estimate of drug-likeness (QED) is 0.698. The summed E-state index contributed by atoms with van der Waals surface area (Å²) in [6.07, 6.45) is 5.05. The van der Waals surface area contributed by atoms with Crippen molar-refractivity contribution in [1.29, 1.82) is 0 Å². The molecular formula is C14H12N4O. The van der Waals surface area contributed by atoms with Gasteiger partial charge in [-0.2, -0.15) is 4.98 Å². The fraction of sp³-hybridized carbons (Fsp3) is 0.143. The first-order valence-corrected chi connectivity index (χ1v) is 6.07. The Kier molecular flexibility index (Phi) is 2.79. The summed E-state index contributed by atoms with van der Waals surface area (Å²) in [5, 5.41) is 0.871. The number of hydrogen-bond donors (Lipinski definition) is 0. The summed E-state index contributed by atoms with van der Waals surface area (Å²) in [5.41, 5.74) is 1.91. The molecular weight excluding hydrogens is 240 g/mol. The van der Waals surface area contributed by atoms with Gasteiger partial charge in [0.2, 0.25) is 0 Å². The maximum absolute atomic E-state index is 12.1. The Morgan fingerprint density at radius 3 is 2.68 bits per heavy atom. The Hall–Kier alpha value is -2.56. The highest BCUT2D eigenvalue weighted by Crippen LogP contribution is 2.23. The zero-order valence-corrected chi connectivity index (χ0v) is 10.4. The Morgan fingerprint density at radius 1 is 1.16 bits per heavy atom. The molecule has 0 spiro atoms. The molecule has 0 fully saturated rings. The van der Waals surface area contributed by atoms with Crippen molar-refractivity contribution in [1.82, 2.24) is 19.5 Å². The number of pyridine rings is 2. The highest BCUT2D eigenvalue weighted by molar-refractivity contribution is 5.89. The van der Waals surface area contributed by atoms with E-state index in [9.17, 15) is 4.79 Å². The van der Waals surface area contributed by atoms with Crippen LogP contribution in [0.4, 0.5) is 0 Å². The zero-order chi connectivity index (χ0) is 13.2. The van der Waals surface area contributed by atoms with E-state index in [0.717, 1.165) is 10.9 Å². The van der Waals surface area contributed by atoms with Gasteiger partial charge in [0, 0.05) is 36.1 Å². The van der Waals surface area contributed by atoms with E-state index in [1.54, 1.807) is 23.2 Å². The van der Waals surface area contributed by atoms with Crippen LogP contribution in [0.3, 0.4) is 0 Å². The molecule has 0 aliphatic heterocycles. The van der Waals surface area contributed by atoms with Crippen molar-refractivity contribution < 1.29 is 0 Å². The molecule has 3 aromatic rings. The average molecular weight is 252 g/mol. The minimum absolute atomic E-state index is 0.277. The Balaban J connectivity index is 2.42. The van der Waals surface area contributed by atoms with Crippen LogP contribution in [0.2, 0.25) is 0 Å². The summed E-state index contributed by atoms with van der Waals surface area (Å²) in [7, 11) is 0. The second-order valence-corrected chi connectivity index (χ2v) is 4.10. The number of aryl methyl sites for hydroxylation is 1. The number of rotatable bonds is 2. The van der Waals surface area contributed by atoms with Gasteiger partial charge < -0.3 is 0 Å². The first-order valence-electron chi connectivity index (χ1n) is 6.07. The molecule has 5 heteroatoms. The summed E-state index contributed by atoms with van der Waals surface area (Å²) in [5.74, 6) is 0. The molecule has 0 N–H and O–H groups in total. The molecule has 0 aliphatic carbocycles. The number of fused-ring (bicyclic) bond motifs is 1. The van der Waals surface area contributed by atoms with E-state index in [1.165, 1.54) is 0 Å². The third-order valence-electron chi connectivity index (χ3n) is 3.01. The normalized spacial score (nSPS) is 10.8. The summed E-state index contributed by atoms with van der Waals surface area (Å²) in [6.45, 7) is 2.46. The summed E-state index contributed by atoms with van der Waals surface area (Å²) in [4.78, 5) is 24.5. The van der Waals surface area contributed by atoms with E-state index in [0.29, 0.717) is 17.9 Å². The van der Waals surface area contributed by atoms with Crippen molar-refractivity contribution in [3.8, 4) is 11.3 Å². The maximum atomic E-state index is 12.1. The molecule has 3 rings (SSSR count). The van der Waals surface area contributed by atoms with Gasteiger partial charge in [-0.15, -0.1) is 0 Å². The number of aromatic nitrogens is 4. The molecule has 19 heavy (non-hydrogen) atoms. The molecule has 0 aliphatic rings. The Morgan fingerprint density at radius 2 is 1.95 bits per heavy atom. The topological polar surface area (TPSA) is 60.7 Å². The lowest BCUT2D eigenvalue weighted by molar-refractivity contribution is 0.723. The van der Waals surface area contributed by atoms with E-state index in [-0.39, 0.29) is 5.69 Å². The van der Waals surface area contributed by atoms with E-state index in [2.05, 4.69) is 15.0 Å². The molecule has 3 heterocycles. The van der Waals surface area contributed by atoms with Gasteiger partial charge in [0.15, 0.2) is 0 Å². The van der Waals surface area contributed by atoms with Gasteiger partial charge in [-0.05, 0) is 31.2 Å². The zero-order valence-electron chi connectivity index (χ0n) is 10.4. The minimum atomic E-state index is -0.277. The standard InChI is InChI=1S/C14H12N4O/c1-2-18-13-11(4-3-7-16-13)12(17-14(18)19)10-5-8-15-9-6-10/h3-9H,2H2,1H3. The predicted octanol–water partition coefficient (Wildman–Crippen LogP) is 1.87. The fourth-order valence-electron chi connectivity index (χ4n) is 2.12. The summed E-state index contributed by atoms with van der Waals surface area (Å²) >= 11 is 0. The van der Waals surface area contributed by atoms with Gasteiger partial charge >= 0.3 is 5.69 Å². The van der Waals surface area contributed by atoms with Gasteiger partial charge in [-0.3, -0.25) is 9.55 Å². The van der Waals surface area contributed by atoms with Gasteiger partial charge in [0.1, 0.15) is 5.65 Å². The second kappa shape index (κ2) is 4.61. The lowest BCUT2D eigenvalue weighted by Gasteiger charge is -2.09. The molecule has 0 unspecified atom stereocenters. The first kappa shape index (κ1) is 11.5. The maximum Gasteiger partial charge on any atom is 0.349 e. The summed E-state index contributed by atoms with van der Waals surface area (Å²) < 4.78 is 1.57. The molecule has 0 saturated heterocycles. The van der Waals surface area contributed by atoms with E-state index >= 15 is 0 Å². The van der Waals surface area contributed by atoms with Crippen LogP contribution in [-0.4, -0.2) is 19.5 Å². The molecule has 0 saturated carbocycles. The van der Waals surface area contributed by atoms with Crippen molar-refractivity contribution in [3.63, 3.8) is 0 Å². The van der Waals surface area contributed by atoms with Crippen molar-refractivity contribution in [2.24, 2.45) is 0 Å². The van der Waals surface area contributed by atoms with Crippen LogP contribution in [-0.2, 0) is 6.54 Å². The number of hydrogen-bond acceptors (Lipinski definition) is 4. The highest BCUT2D eigenvalue weighted by Gasteiger charge is 2.11. The van der Waals surface area contributed by atoms with Gasteiger partial charge in [0.25, 0.3) is 0 Å². The lowest BCUT2D eigenvalue weighted by atomic mass is 10.1. The summed E-state index contributed by atoms with van der Waals surface area (Å²) in [6, 6.07) is 7.45. The van der Waals surface area contributed by atoms with Crippen molar-refractivity contribution >= 4 is 11.0 Å². The van der Waals surface area contributed by atoms with Crippen LogP contribution >= 0.6 is 0 Å². The van der Waals surface area contributed by atoms with Crippen LogP contribution in [0.5, 0.6) is 0 Å². The third-order valence-corrected chi connectivity index (χ3v) is 3.01. The van der Waals surface area contributed by atoms with Crippen molar-refractivity contribution in [2.45, 2.75) is 13.5 Å². The molecule has 5 nitrogen and oxygen atoms in total. The van der Waals surface area contributed by atoms with E-state index < -0.39 is 0 Å². The molecule has 3 aromatic heterocycles. The minimum Gasteiger partial charge on any atom is -0.276 e. The SMILES string of the molecule is CCn1c(=O)nc(-c2ccncc2)c2cccnc21. The molecule has 94 valence electrons. The molecule has 0 amide bonds. The van der Waals surface area contributed by atoms with Crippen LogP contribution < -0.4 is 5.69 Å². The van der Waals surface area contributed by atoms with Crippen LogP contribution in [0.25, 0.3) is 22.3 Å². The largest absolute Gasteiger partial charge is 0.349 e. The molecule has 0 bridgehead atoms. The van der Waals surface area contributed by atoms with Crippen LogP contribution in [0, 0.1) is 0 Å². The van der Waals surface area contributed by atoms with Crippen LogP contribution in [0.1, 0.15) is 6.92 Å². The predicted molar refractivity (Wildman–Crippen MR) is 72.7 cm³/mol. The van der Waals surface area contributed by atoms with Crippen LogP contribution in [0.15, 0.2) is 47.7 Å². The third kappa shape index (κ3) is 1.89. The van der Waals surface area contributed by atoms with Crippen molar-refractivity contribution in [3.05, 3.63) is 53.3 Å². The Bertz CT molecular complexity index is 780. The van der Waals surface area contributed by atoms with Gasteiger partial charge in [-0.1, -0.05) is 0 Å². The smallest absolute Gasteiger partial charge is 0.276 e. The van der Waals surface area contributed by atoms with E-state index in [1.807, 2.05) is 31.2 Å². The highest BCUT2D eigenvalue weighted by atomic mass is 16.1. The Labute approximate surface area is 109 Å². The molecule has 0 atom stereocenters. The number of nitrogens with zero attached hydrogens (tertiary/aromatic N) is 4. The second-order valence-electron chi connectivity index (χ2n) is 4.10. The molecule has 0 aromatic carbocycles. The monoisotopic (exact) mass is 252 g/mol. The first-order chi connectivity index (χ1) is 9.31. The van der Waals surface area contributed by atoms with Gasteiger partial charge in [0.05, 0.1) is 5.69 Å². The van der Waals surface area contributed by atoms with Crippen molar-refractivity contribution in [2.75, 3.05) is 0 Å².